The molecule has 1 N–H and O–H groups in total. The Bertz CT molecular complexity index is 233. The van der Waals surface area contributed by atoms with E-state index in [0.29, 0.717) is 6.42 Å². The summed E-state index contributed by atoms with van der Waals surface area (Å²) in [5.41, 5.74) is -0.171. The van der Waals surface area contributed by atoms with Gasteiger partial charge in [0.25, 0.3) is 0 Å². The molecule has 3 nitrogen and oxygen atoms in total. The Morgan fingerprint density at radius 2 is 2.08 bits per heavy atom. The zero-order valence-corrected chi connectivity index (χ0v) is 8.52. The third-order valence-corrected chi connectivity index (χ3v) is 2.72. The molecule has 74 valence electrons. The van der Waals surface area contributed by atoms with E-state index >= 15 is 0 Å². The largest absolute Gasteiger partial charge is 0.296 e. The van der Waals surface area contributed by atoms with E-state index in [1.807, 2.05) is 13.8 Å². The molecule has 0 saturated carbocycles. The highest BCUT2D eigenvalue weighted by molar-refractivity contribution is 5.99. The minimum Gasteiger partial charge on any atom is -0.296 e. The van der Waals surface area contributed by atoms with Gasteiger partial charge in [-0.1, -0.05) is 27.2 Å². The lowest BCUT2D eigenvalue weighted by Gasteiger charge is -2.36. The summed E-state index contributed by atoms with van der Waals surface area (Å²) >= 11 is 0. The predicted molar refractivity (Wildman–Crippen MR) is 49.9 cm³/mol. The van der Waals surface area contributed by atoms with Gasteiger partial charge >= 0.3 is 0 Å². The number of rotatable bonds is 2. The second kappa shape index (κ2) is 3.48. The zero-order chi connectivity index (χ0) is 10.1. The van der Waals surface area contributed by atoms with Crippen molar-refractivity contribution >= 4 is 11.8 Å². The Kier molecular flexibility index (Phi) is 2.74. The van der Waals surface area contributed by atoms with Crippen molar-refractivity contribution in [2.24, 2.45) is 11.3 Å². The predicted octanol–water partition coefficient (Wildman–Crippen LogP) is 1.48. The first kappa shape index (κ1) is 10.2. The molecule has 1 rings (SSSR count). The Labute approximate surface area is 78.9 Å². The van der Waals surface area contributed by atoms with E-state index in [2.05, 4.69) is 12.2 Å². The van der Waals surface area contributed by atoms with E-state index in [0.717, 1.165) is 12.8 Å². The van der Waals surface area contributed by atoms with E-state index in [1.165, 1.54) is 0 Å². The molecule has 0 aromatic rings. The number of piperidine rings is 1. The summed E-state index contributed by atoms with van der Waals surface area (Å²) in [6.45, 7) is 6.04. The van der Waals surface area contributed by atoms with Gasteiger partial charge in [0.15, 0.2) is 0 Å². The lowest BCUT2D eigenvalue weighted by molar-refractivity contribution is -0.142. The quantitative estimate of drug-likeness (QED) is 0.659. The number of hydrogen-bond acceptors (Lipinski definition) is 2. The van der Waals surface area contributed by atoms with Gasteiger partial charge in [-0.2, -0.15) is 0 Å². The Hall–Kier alpha value is -0.860. The molecule has 0 aromatic heterocycles. The van der Waals surface area contributed by atoms with Gasteiger partial charge in [0.1, 0.15) is 0 Å². The lowest BCUT2D eigenvalue weighted by atomic mass is 9.71. The van der Waals surface area contributed by atoms with Gasteiger partial charge in [0, 0.05) is 12.3 Å². The average molecular weight is 183 g/mol. The summed E-state index contributed by atoms with van der Waals surface area (Å²) in [5, 5.41) is 2.39. The molecule has 0 bridgehead atoms. The highest BCUT2D eigenvalue weighted by Crippen LogP contribution is 2.36. The van der Waals surface area contributed by atoms with Crippen molar-refractivity contribution in [3.8, 4) is 0 Å². The van der Waals surface area contributed by atoms with Crippen LogP contribution < -0.4 is 5.32 Å². The first-order valence-corrected chi connectivity index (χ1v) is 4.81. The van der Waals surface area contributed by atoms with Crippen LogP contribution in [0, 0.1) is 11.3 Å². The molecule has 1 heterocycles. The maximum absolute atomic E-state index is 11.5. The van der Waals surface area contributed by atoms with Crippen molar-refractivity contribution in [1.29, 1.82) is 0 Å². The number of amides is 2. The molecule has 1 aliphatic heterocycles. The smallest absolute Gasteiger partial charge is 0.230 e. The van der Waals surface area contributed by atoms with Crippen LogP contribution >= 0.6 is 0 Å². The molecule has 0 spiro atoms. The minimum absolute atomic E-state index is 0.00444. The van der Waals surface area contributed by atoms with Crippen LogP contribution in [0.2, 0.25) is 0 Å². The molecule has 2 amide bonds. The first-order chi connectivity index (χ1) is 5.97. The van der Waals surface area contributed by atoms with Gasteiger partial charge in [-0.15, -0.1) is 0 Å². The Morgan fingerprint density at radius 1 is 1.46 bits per heavy atom. The van der Waals surface area contributed by atoms with Crippen LogP contribution in [0.3, 0.4) is 0 Å². The summed E-state index contributed by atoms with van der Waals surface area (Å²) in [5.74, 6) is -0.236. The molecular weight excluding hydrogens is 166 g/mol. The van der Waals surface area contributed by atoms with Gasteiger partial charge < -0.3 is 0 Å². The van der Waals surface area contributed by atoms with Crippen molar-refractivity contribution in [2.45, 2.75) is 40.0 Å². The molecule has 1 aliphatic rings. The number of nitrogens with one attached hydrogen (secondary N) is 1. The highest BCUT2D eigenvalue weighted by atomic mass is 16.2. The monoisotopic (exact) mass is 183 g/mol. The summed E-state index contributed by atoms with van der Waals surface area (Å²) in [7, 11) is 0. The van der Waals surface area contributed by atoms with E-state index in [4.69, 9.17) is 0 Å². The van der Waals surface area contributed by atoms with Crippen molar-refractivity contribution in [2.75, 3.05) is 0 Å². The average Bonchev–Trinajstić information content (AvgIpc) is 1.95. The zero-order valence-electron chi connectivity index (χ0n) is 8.52. The Morgan fingerprint density at radius 3 is 2.54 bits per heavy atom. The SMILES string of the molecule is CCCC1C(=O)NC(=O)CC1(C)C. The molecule has 3 heteroatoms. The molecule has 1 fully saturated rings. The number of carbonyl (C=O) groups is 2. The molecule has 0 aliphatic carbocycles. The fourth-order valence-electron chi connectivity index (χ4n) is 1.97. The van der Waals surface area contributed by atoms with Crippen LogP contribution in [0.1, 0.15) is 40.0 Å². The molecular formula is C10H17NO2. The van der Waals surface area contributed by atoms with Crippen LogP contribution in [-0.2, 0) is 9.59 Å². The van der Waals surface area contributed by atoms with Gasteiger partial charge in [0.05, 0.1) is 0 Å². The third kappa shape index (κ3) is 2.08. The van der Waals surface area contributed by atoms with Crippen molar-refractivity contribution in [1.82, 2.24) is 5.32 Å². The second-order valence-electron chi connectivity index (χ2n) is 4.42. The summed E-state index contributed by atoms with van der Waals surface area (Å²) in [6, 6.07) is 0. The number of carbonyl (C=O) groups excluding carboxylic acids is 2. The maximum atomic E-state index is 11.5. The lowest BCUT2D eigenvalue weighted by Crippen LogP contribution is -2.49. The number of hydrogen-bond donors (Lipinski definition) is 1. The second-order valence-corrected chi connectivity index (χ2v) is 4.42. The first-order valence-electron chi connectivity index (χ1n) is 4.81. The van der Waals surface area contributed by atoms with Gasteiger partial charge in [0.2, 0.25) is 11.8 Å². The van der Waals surface area contributed by atoms with Crippen LogP contribution in [0.5, 0.6) is 0 Å². The van der Waals surface area contributed by atoms with E-state index in [9.17, 15) is 9.59 Å². The molecule has 13 heavy (non-hydrogen) atoms. The standard InChI is InChI=1S/C10H17NO2/c1-4-5-7-9(13)11-8(12)6-10(7,2)3/h7H,4-6H2,1-3H3,(H,11,12,13). The van der Waals surface area contributed by atoms with Crippen LogP contribution in [0.25, 0.3) is 0 Å². The van der Waals surface area contributed by atoms with E-state index in [1.54, 1.807) is 0 Å². The normalized spacial score (nSPS) is 27.2. The van der Waals surface area contributed by atoms with Gasteiger partial charge in [-0.3, -0.25) is 14.9 Å². The van der Waals surface area contributed by atoms with Gasteiger partial charge in [-0.05, 0) is 11.8 Å². The topological polar surface area (TPSA) is 46.2 Å². The minimum atomic E-state index is -0.171. The maximum Gasteiger partial charge on any atom is 0.230 e. The molecule has 0 radical (unpaired) electrons. The molecule has 1 saturated heterocycles. The van der Waals surface area contributed by atoms with Crippen molar-refractivity contribution in [3.05, 3.63) is 0 Å². The van der Waals surface area contributed by atoms with Crippen LogP contribution in [-0.4, -0.2) is 11.8 Å². The fraction of sp³-hybridized carbons (Fsp3) is 0.800. The summed E-state index contributed by atoms with van der Waals surface area (Å²) in [4.78, 5) is 22.6. The number of imide groups is 1. The fourth-order valence-corrected chi connectivity index (χ4v) is 1.97. The summed E-state index contributed by atoms with van der Waals surface area (Å²) < 4.78 is 0. The van der Waals surface area contributed by atoms with Crippen LogP contribution in [0.15, 0.2) is 0 Å². The molecule has 0 aromatic carbocycles. The van der Waals surface area contributed by atoms with Crippen molar-refractivity contribution in [3.63, 3.8) is 0 Å². The van der Waals surface area contributed by atoms with E-state index in [-0.39, 0.29) is 23.1 Å². The van der Waals surface area contributed by atoms with Crippen molar-refractivity contribution < 1.29 is 9.59 Å². The highest BCUT2D eigenvalue weighted by Gasteiger charge is 2.40. The van der Waals surface area contributed by atoms with E-state index < -0.39 is 0 Å². The molecule has 1 atom stereocenters. The van der Waals surface area contributed by atoms with Crippen LogP contribution in [0.4, 0.5) is 0 Å². The Balaban J connectivity index is 2.79. The van der Waals surface area contributed by atoms with Gasteiger partial charge in [-0.25, -0.2) is 0 Å². The third-order valence-electron chi connectivity index (χ3n) is 2.72. The summed E-state index contributed by atoms with van der Waals surface area (Å²) in [6.07, 6.45) is 2.31. The molecule has 1 unspecified atom stereocenters.